The molecule has 0 aliphatic carbocycles. The van der Waals surface area contributed by atoms with Crippen molar-refractivity contribution in [3.05, 3.63) is 63.6 Å². The first kappa shape index (κ1) is 26.0. The number of aromatic amines is 1. The molecule has 0 unspecified atom stereocenters. The average molecular weight is 524 g/mol. The van der Waals surface area contributed by atoms with Crippen molar-refractivity contribution in [1.29, 1.82) is 0 Å². The van der Waals surface area contributed by atoms with Gasteiger partial charge in [0.15, 0.2) is 11.5 Å². The van der Waals surface area contributed by atoms with E-state index in [1.54, 1.807) is 26.0 Å². The highest BCUT2D eigenvalue weighted by molar-refractivity contribution is 7.20. The molecule has 11 heteroatoms. The van der Waals surface area contributed by atoms with Crippen molar-refractivity contribution >= 4 is 33.2 Å². The van der Waals surface area contributed by atoms with Crippen molar-refractivity contribution < 1.29 is 19.0 Å². The number of carbonyl (C=O) groups excluding carboxylic acids is 1. The Hall–Kier alpha value is -4.12. The second-order valence-electron chi connectivity index (χ2n) is 7.96. The van der Waals surface area contributed by atoms with Gasteiger partial charge in [-0.15, -0.1) is 0 Å². The van der Waals surface area contributed by atoms with Crippen molar-refractivity contribution in [3.8, 4) is 22.4 Å². The van der Waals surface area contributed by atoms with Gasteiger partial charge in [-0.2, -0.15) is 9.78 Å². The van der Waals surface area contributed by atoms with E-state index in [0.29, 0.717) is 59.2 Å². The Labute approximate surface area is 217 Å². The van der Waals surface area contributed by atoms with Gasteiger partial charge in [-0.3, -0.25) is 14.7 Å². The first-order valence-corrected chi connectivity index (χ1v) is 12.8. The van der Waals surface area contributed by atoms with Gasteiger partial charge in [0.2, 0.25) is 10.9 Å². The third-order valence-corrected chi connectivity index (χ3v) is 6.43. The number of fused-ring (bicyclic) bond motifs is 1. The molecule has 2 heterocycles. The van der Waals surface area contributed by atoms with Gasteiger partial charge < -0.3 is 14.2 Å². The molecule has 0 fully saturated rings. The fourth-order valence-electron chi connectivity index (χ4n) is 3.84. The molecule has 2 aromatic carbocycles. The molecule has 10 nitrogen and oxygen atoms in total. The maximum atomic E-state index is 13.2. The van der Waals surface area contributed by atoms with Crippen LogP contribution < -0.4 is 25.2 Å². The summed E-state index contributed by atoms with van der Waals surface area (Å²) >= 11 is 1.41. The van der Waals surface area contributed by atoms with Gasteiger partial charge in [0.05, 0.1) is 41.3 Å². The standard InChI is InChI=1S/C26H29N5O5S/c1-6-34-19-13-17(14-20(35-7-2)23(19)36-8-3)24(32)29-28-15(4)22-16(5)30-31(25(22)33)26-27-18-11-9-10-12-21(18)37-26/h9-14,30H,6-8H2,1-5H3,(H,29,32). The van der Waals surface area contributed by atoms with Crippen LogP contribution in [0.25, 0.3) is 15.3 Å². The van der Waals surface area contributed by atoms with E-state index in [1.165, 1.54) is 16.0 Å². The largest absolute Gasteiger partial charge is 0.490 e. The summed E-state index contributed by atoms with van der Waals surface area (Å²) in [5, 5.41) is 7.80. The predicted octanol–water partition coefficient (Wildman–Crippen LogP) is 4.43. The zero-order chi connectivity index (χ0) is 26.5. The number of benzene rings is 2. The van der Waals surface area contributed by atoms with E-state index in [4.69, 9.17) is 14.2 Å². The van der Waals surface area contributed by atoms with Crippen LogP contribution in [0.2, 0.25) is 0 Å². The van der Waals surface area contributed by atoms with Crippen LogP contribution in [0.1, 0.15) is 49.3 Å². The molecule has 0 aliphatic heterocycles. The van der Waals surface area contributed by atoms with Gasteiger partial charge in [0.1, 0.15) is 0 Å². The molecule has 4 aromatic rings. The number of para-hydroxylation sites is 1. The summed E-state index contributed by atoms with van der Waals surface area (Å²) in [6, 6.07) is 10.8. The van der Waals surface area contributed by atoms with E-state index in [0.717, 1.165) is 10.2 Å². The highest BCUT2D eigenvalue weighted by atomic mass is 32.1. The summed E-state index contributed by atoms with van der Waals surface area (Å²) in [6.45, 7) is 10.2. The average Bonchev–Trinajstić information content (AvgIpc) is 3.44. The zero-order valence-corrected chi connectivity index (χ0v) is 22.2. The van der Waals surface area contributed by atoms with Crippen LogP contribution in [0.15, 0.2) is 46.3 Å². The molecule has 0 atom stereocenters. The van der Waals surface area contributed by atoms with Crippen LogP contribution in [0.4, 0.5) is 0 Å². The lowest BCUT2D eigenvalue weighted by atomic mass is 10.1. The molecule has 1 amide bonds. The number of H-pyrrole nitrogens is 1. The molecular formula is C26H29N5O5S. The maximum Gasteiger partial charge on any atom is 0.282 e. The minimum Gasteiger partial charge on any atom is -0.490 e. The van der Waals surface area contributed by atoms with E-state index in [2.05, 4.69) is 20.6 Å². The minimum atomic E-state index is -0.482. The van der Waals surface area contributed by atoms with E-state index in [9.17, 15) is 9.59 Å². The molecule has 0 bridgehead atoms. The lowest BCUT2D eigenvalue weighted by Gasteiger charge is -2.16. The van der Waals surface area contributed by atoms with Gasteiger partial charge in [-0.1, -0.05) is 23.5 Å². The van der Waals surface area contributed by atoms with E-state index >= 15 is 0 Å². The summed E-state index contributed by atoms with van der Waals surface area (Å²) in [5.74, 6) is 0.771. The number of aryl methyl sites for hydroxylation is 1. The first-order chi connectivity index (χ1) is 17.9. The molecule has 2 aromatic heterocycles. The van der Waals surface area contributed by atoms with Crippen molar-refractivity contribution in [2.24, 2.45) is 5.10 Å². The Morgan fingerprint density at radius 3 is 2.35 bits per heavy atom. The number of hydrogen-bond acceptors (Lipinski definition) is 8. The molecule has 0 spiro atoms. The van der Waals surface area contributed by atoms with Crippen LogP contribution in [0.3, 0.4) is 0 Å². The van der Waals surface area contributed by atoms with Gasteiger partial charge in [0, 0.05) is 11.3 Å². The molecule has 194 valence electrons. The maximum absolute atomic E-state index is 13.2. The Morgan fingerprint density at radius 2 is 1.73 bits per heavy atom. The minimum absolute atomic E-state index is 0.282. The lowest BCUT2D eigenvalue weighted by Crippen LogP contribution is -2.23. The Balaban J connectivity index is 1.62. The SMILES string of the molecule is CCOc1cc(C(=O)NN=C(C)c2c(C)[nH]n(-c3nc4ccccc4s3)c2=O)cc(OCC)c1OCC. The smallest absolute Gasteiger partial charge is 0.282 e. The zero-order valence-electron chi connectivity index (χ0n) is 21.4. The quantitative estimate of drug-likeness (QED) is 0.234. The normalized spacial score (nSPS) is 11.5. The number of rotatable bonds is 10. The molecule has 4 rings (SSSR count). The van der Waals surface area contributed by atoms with Gasteiger partial charge in [0.25, 0.3) is 11.5 Å². The first-order valence-electron chi connectivity index (χ1n) is 12.0. The highest BCUT2D eigenvalue weighted by Gasteiger charge is 2.20. The van der Waals surface area contributed by atoms with Crippen LogP contribution >= 0.6 is 11.3 Å². The predicted molar refractivity (Wildman–Crippen MR) is 144 cm³/mol. The molecule has 0 saturated carbocycles. The Bertz CT molecular complexity index is 1460. The number of aromatic nitrogens is 3. The van der Waals surface area contributed by atoms with Crippen LogP contribution in [-0.2, 0) is 0 Å². The molecule has 37 heavy (non-hydrogen) atoms. The van der Waals surface area contributed by atoms with Crippen LogP contribution in [0, 0.1) is 6.92 Å². The van der Waals surface area contributed by atoms with E-state index in [-0.39, 0.29) is 11.1 Å². The van der Waals surface area contributed by atoms with Crippen molar-refractivity contribution in [1.82, 2.24) is 20.2 Å². The number of hydrogen-bond donors (Lipinski definition) is 2. The summed E-state index contributed by atoms with van der Waals surface area (Å²) in [4.78, 5) is 30.7. The molecule has 0 aliphatic rings. The number of nitrogens with one attached hydrogen (secondary N) is 2. The number of amides is 1. The summed E-state index contributed by atoms with van der Waals surface area (Å²) in [6.07, 6.45) is 0. The third kappa shape index (κ3) is 5.36. The van der Waals surface area contributed by atoms with Crippen molar-refractivity contribution in [2.45, 2.75) is 34.6 Å². The van der Waals surface area contributed by atoms with E-state index in [1.807, 2.05) is 45.0 Å². The molecular weight excluding hydrogens is 494 g/mol. The highest BCUT2D eigenvalue weighted by Crippen LogP contribution is 2.39. The number of carbonyl (C=O) groups is 1. The Kier molecular flexibility index (Phi) is 7.92. The van der Waals surface area contributed by atoms with Gasteiger partial charge >= 0.3 is 0 Å². The second-order valence-corrected chi connectivity index (χ2v) is 8.96. The number of hydrazone groups is 1. The topological polar surface area (TPSA) is 120 Å². The monoisotopic (exact) mass is 523 g/mol. The van der Waals surface area contributed by atoms with Crippen LogP contribution in [-0.4, -0.2) is 46.2 Å². The number of thiazole rings is 1. The Morgan fingerprint density at radius 1 is 1.08 bits per heavy atom. The van der Waals surface area contributed by atoms with Crippen molar-refractivity contribution in [3.63, 3.8) is 0 Å². The van der Waals surface area contributed by atoms with E-state index < -0.39 is 5.91 Å². The molecule has 2 N–H and O–H groups in total. The van der Waals surface area contributed by atoms with Crippen molar-refractivity contribution in [2.75, 3.05) is 19.8 Å². The third-order valence-electron chi connectivity index (χ3n) is 5.40. The van der Waals surface area contributed by atoms with Gasteiger partial charge in [-0.25, -0.2) is 10.4 Å². The summed E-state index contributed by atoms with van der Waals surface area (Å²) < 4.78 is 19.4. The second kappa shape index (κ2) is 11.3. The lowest BCUT2D eigenvalue weighted by molar-refractivity contribution is 0.0953. The summed E-state index contributed by atoms with van der Waals surface area (Å²) in [5.41, 5.74) is 4.65. The molecule has 0 radical (unpaired) electrons. The number of ether oxygens (including phenoxy) is 3. The fraction of sp³-hybridized carbons (Fsp3) is 0.308. The fourth-order valence-corrected chi connectivity index (χ4v) is 4.76. The van der Waals surface area contributed by atoms with Gasteiger partial charge in [-0.05, 0) is 58.9 Å². The van der Waals surface area contributed by atoms with Crippen LogP contribution in [0.5, 0.6) is 17.2 Å². The summed E-state index contributed by atoms with van der Waals surface area (Å²) in [7, 11) is 0. The number of nitrogens with zero attached hydrogens (tertiary/aromatic N) is 3. The molecule has 0 saturated heterocycles.